The van der Waals surface area contributed by atoms with Crippen molar-refractivity contribution in [2.75, 3.05) is 0 Å². The van der Waals surface area contributed by atoms with Gasteiger partial charge in [-0.05, 0) is 0 Å². The number of hydrogen-bond donors (Lipinski definition) is 0. The molecule has 0 aliphatic carbocycles. The Labute approximate surface area is 112 Å². The van der Waals surface area contributed by atoms with E-state index in [-0.39, 0.29) is 0 Å². The van der Waals surface area contributed by atoms with Gasteiger partial charge in [0.25, 0.3) is 0 Å². The SMILES string of the molecule is CCCCCCCCC(CCCC)[O][Sn]=[O]. The summed E-state index contributed by atoms with van der Waals surface area (Å²) in [6.45, 7) is 4.44. The van der Waals surface area contributed by atoms with E-state index in [0.717, 1.165) is 12.8 Å². The van der Waals surface area contributed by atoms with Crippen LogP contribution in [0.25, 0.3) is 0 Å². The van der Waals surface area contributed by atoms with E-state index in [0.29, 0.717) is 6.10 Å². The van der Waals surface area contributed by atoms with Gasteiger partial charge < -0.3 is 0 Å². The molecule has 0 bridgehead atoms. The Hall–Kier alpha value is 0.559. The second-order valence-electron chi connectivity index (χ2n) is 4.52. The van der Waals surface area contributed by atoms with Crippen LogP contribution in [0, 0.1) is 0 Å². The predicted molar refractivity (Wildman–Crippen MR) is 68.8 cm³/mol. The molecular formula is C13H27O2Sn. The Morgan fingerprint density at radius 2 is 1.44 bits per heavy atom. The summed E-state index contributed by atoms with van der Waals surface area (Å²) in [7, 11) is 0. The molecule has 0 aromatic carbocycles. The van der Waals surface area contributed by atoms with Gasteiger partial charge in [-0.1, -0.05) is 0 Å². The molecule has 0 amide bonds. The van der Waals surface area contributed by atoms with Crippen molar-refractivity contribution in [1.29, 1.82) is 0 Å². The van der Waals surface area contributed by atoms with Crippen molar-refractivity contribution in [2.45, 2.75) is 84.2 Å². The number of rotatable bonds is 12. The summed E-state index contributed by atoms with van der Waals surface area (Å²) in [5, 5.41) is 0. The van der Waals surface area contributed by atoms with E-state index in [1.54, 1.807) is 0 Å². The van der Waals surface area contributed by atoms with E-state index in [4.69, 9.17) is 3.07 Å². The number of unbranched alkanes of at least 4 members (excludes halogenated alkanes) is 6. The molecule has 0 aromatic heterocycles. The van der Waals surface area contributed by atoms with Crippen molar-refractivity contribution in [3.05, 3.63) is 0 Å². The second kappa shape index (κ2) is 13.6. The van der Waals surface area contributed by atoms with Gasteiger partial charge in [-0.25, -0.2) is 0 Å². The first-order valence-corrected chi connectivity index (χ1v) is 9.21. The van der Waals surface area contributed by atoms with Crippen LogP contribution < -0.4 is 0 Å². The van der Waals surface area contributed by atoms with Crippen LogP contribution in [0.3, 0.4) is 0 Å². The van der Waals surface area contributed by atoms with E-state index >= 15 is 0 Å². The zero-order chi connectivity index (χ0) is 12.1. The van der Waals surface area contributed by atoms with Crippen LogP contribution in [0.15, 0.2) is 0 Å². The van der Waals surface area contributed by atoms with Crippen LogP contribution in [0.5, 0.6) is 0 Å². The van der Waals surface area contributed by atoms with Crippen LogP contribution >= 0.6 is 0 Å². The van der Waals surface area contributed by atoms with E-state index in [9.17, 15) is 3.08 Å². The molecule has 0 aliphatic heterocycles. The maximum absolute atomic E-state index is 10.6. The van der Waals surface area contributed by atoms with Crippen LogP contribution in [0.4, 0.5) is 0 Å². The second-order valence-corrected chi connectivity index (χ2v) is 5.67. The maximum atomic E-state index is 10.6. The summed E-state index contributed by atoms with van der Waals surface area (Å²) in [6.07, 6.45) is 12.9. The standard InChI is InChI=1S/C13H27O.O.Sn/c1-3-5-7-8-9-10-12-13(14)11-6-4-2;;/h13H,3-12H2,1-2H3;;/q-1;;+1. The van der Waals surface area contributed by atoms with Crippen molar-refractivity contribution in [3.8, 4) is 0 Å². The summed E-state index contributed by atoms with van der Waals surface area (Å²) < 4.78 is 16.0. The Balaban J connectivity index is 3.39. The average molecular weight is 334 g/mol. The normalized spacial score (nSPS) is 12.6. The molecule has 1 atom stereocenters. The van der Waals surface area contributed by atoms with Crippen LogP contribution in [0.2, 0.25) is 0 Å². The fraction of sp³-hybridized carbons (Fsp3) is 1.00. The third-order valence-corrected chi connectivity index (χ3v) is 4.20. The minimum atomic E-state index is -1.70. The monoisotopic (exact) mass is 335 g/mol. The van der Waals surface area contributed by atoms with E-state index in [1.807, 2.05) is 0 Å². The Morgan fingerprint density at radius 3 is 2.06 bits per heavy atom. The van der Waals surface area contributed by atoms with E-state index in [2.05, 4.69) is 13.8 Å². The molecule has 0 aliphatic rings. The van der Waals surface area contributed by atoms with E-state index < -0.39 is 21.5 Å². The fourth-order valence-electron chi connectivity index (χ4n) is 1.91. The Bertz CT molecular complexity index is 151. The molecule has 0 rings (SSSR count). The molecule has 3 heteroatoms. The zero-order valence-electron chi connectivity index (χ0n) is 11.0. The topological polar surface area (TPSA) is 26.3 Å². The van der Waals surface area contributed by atoms with Gasteiger partial charge in [-0.2, -0.15) is 0 Å². The molecule has 1 unspecified atom stereocenters. The molecule has 2 nitrogen and oxygen atoms in total. The Kier molecular flexibility index (Phi) is 14.1. The summed E-state index contributed by atoms with van der Waals surface area (Å²) in [6, 6.07) is 0. The van der Waals surface area contributed by atoms with Gasteiger partial charge in [0.2, 0.25) is 0 Å². The van der Waals surface area contributed by atoms with Crippen LogP contribution in [0.1, 0.15) is 78.1 Å². The first-order valence-electron chi connectivity index (χ1n) is 6.87. The first kappa shape index (κ1) is 16.6. The summed E-state index contributed by atoms with van der Waals surface area (Å²) >= 11 is -1.70. The number of hydrogen-bond acceptors (Lipinski definition) is 2. The average Bonchev–Trinajstić information content (AvgIpc) is 2.30. The minimum absolute atomic E-state index is 0.301. The first-order chi connectivity index (χ1) is 7.85. The molecule has 0 aromatic rings. The Morgan fingerprint density at radius 1 is 0.875 bits per heavy atom. The van der Waals surface area contributed by atoms with Gasteiger partial charge in [-0.3, -0.25) is 0 Å². The van der Waals surface area contributed by atoms with Gasteiger partial charge >= 0.3 is 112 Å². The van der Waals surface area contributed by atoms with Gasteiger partial charge in [0.15, 0.2) is 0 Å². The molecule has 0 N–H and O–H groups in total. The molecule has 0 spiro atoms. The molecule has 16 heavy (non-hydrogen) atoms. The molecule has 1 radical (unpaired) electrons. The van der Waals surface area contributed by atoms with Crippen molar-refractivity contribution >= 4 is 21.5 Å². The third kappa shape index (κ3) is 11.1. The van der Waals surface area contributed by atoms with Gasteiger partial charge in [0.1, 0.15) is 0 Å². The zero-order valence-corrected chi connectivity index (χ0v) is 13.8. The van der Waals surface area contributed by atoms with Crippen LogP contribution in [-0.2, 0) is 6.15 Å². The third-order valence-electron chi connectivity index (χ3n) is 2.97. The molecule has 0 saturated carbocycles. The summed E-state index contributed by atoms with van der Waals surface area (Å²) in [4.78, 5) is 0. The summed E-state index contributed by atoms with van der Waals surface area (Å²) in [5.74, 6) is 0. The molecule has 0 fully saturated rings. The van der Waals surface area contributed by atoms with Gasteiger partial charge in [0.05, 0.1) is 0 Å². The quantitative estimate of drug-likeness (QED) is 0.393. The van der Waals surface area contributed by atoms with Gasteiger partial charge in [0, 0.05) is 0 Å². The summed E-state index contributed by atoms with van der Waals surface area (Å²) in [5.41, 5.74) is 0. The molecular weight excluding hydrogens is 307 g/mol. The van der Waals surface area contributed by atoms with Crippen LogP contribution in [-0.4, -0.2) is 27.6 Å². The van der Waals surface area contributed by atoms with Crippen molar-refractivity contribution < 1.29 is 6.15 Å². The predicted octanol–water partition coefficient (Wildman–Crippen LogP) is 4.28. The molecule has 0 saturated heterocycles. The van der Waals surface area contributed by atoms with Crippen molar-refractivity contribution in [3.63, 3.8) is 0 Å². The van der Waals surface area contributed by atoms with Gasteiger partial charge in [-0.15, -0.1) is 0 Å². The fourth-order valence-corrected chi connectivity index (χ4v) is 2.98. The molecule has 95 valence electrons. The molecule has 0 heterocycles. The van der Waals surface area contributed by atoms with E-state index in [1.165, 1.54) is 51.4 Å². The van der Waals surface area contributed by atoms with Crippen molar-refractivity contribution in [1.82, 2.24) is 0 Å². The van der Waals surface area contributed by atoms with Crippen molar-refractivity contribution in [2.24, 2.45) is 0 Å².